The topological polar surface area (TPSA) is 92.7 Å². The maximum atomic E-state index is 13.8. The SMILES string of the molecule is COc1ccc(C)c2sc(N(Cc3cccnc3)C(=O)c3cccc(N4C(=O)CCC4=O)c3)nc12. The average molecular weight is 487 g/mol. The van der Waals surface area contributed by atoms with Gasteiger partial charge in [-0.25, -0.2) is 4.98 Å². The first-order chi connectivity index (χ1) is 17.0. The van der Waals surface area contributed by atoms with Crippen LogP contribution < -0.4 is 14.5 Å². The van der Waals surface area contributed by atoms with Gasteiger partial charge in [-0.3, -0.25) is 29.2 Å². The zero-order chi connectivity index (χ0) is 24.5. The average Bonchev–Trinajstić information content (AvgIpc) is 3.47. The fraction of sp³-hybridized carbons (Fsp3) is 0.192. The van der Waals surface area contributed by atoms with E-state index in [-0.39, 0.29) is 37.1 Å². The maximum absolute atomic E-state index is 13.8. The normalized spacial score (nSPS) is 13.5. The van der Waals surface area contributed by atoms with Crippen molar-refractivity contribution in [2.75, 3.05) is 16.9 Å². The molecule has 0 bridgehead atoms. The summed E-state index contributed by atoms with van der Waals surface area (Å²) < 4.78 is 6.43. The number of thiazole rings is 1. The van der Waals surface area contributed by atoms with Crippen molar-refractivity contribution in [2.45, 2.75) is 26.3 Å². The van der Waals surface area contributed by atoms with E-state index in [0.29, 0.717) is 27.6 Å². The van der Waals surface area contributed by atoms with Gasteiger partial charge in [0.2, 0.25) is 11.8 Å². The van der Waals surface area contributed by atoms with Crippen LogP contribution in [0.1, 0.15) is 34.3 Å². The van der Waals surface area contributed by atoms with Crippen LogP contribution in [0.4, 0.5) is 10.8 Å². The lowest BCUT2D eigenvalue weighted by Crippen LogP contribution is -2.31. The van der Waals surface area contributed by atoms with E-state index in [4.69, 9.17) is 9.72 Å². The van der Waals surface area contributed by atoms with E-state index in [1.807, 2.05) is 31.2 Å². The number of rotatable bonds is 6. The Bertz CT molecular complexity index is 1430. The minimum Gasteiger partial charge on any atom is -0.494 e. The van der Waals surface area contributed by atoms with Crippen molar-refractivity contribution in [3.8, 4) is 5.75 Å². The molecule has 0 saturated carbocycles. The number of aryl methyl sites for hydroxylation is 1. The largest absolute Gasteiger partial charge is 0.494 e. The van der Waals surface area contributed by atoms with Gasteiger partial charge in [0.1, 0.15) is 11.3 Å². The second-order valence-corrected chi connectivity index (χ2v) is 9.16. The number of pyridine rings is 1. The third-order valence-electron chi connectivity index (χ3n) is 5.85. The molecule has 5 rings (SSSR count). The van der Waals surface area contributed by atoms with E-state index in [1.165, 1.54) is 11.3 Å². The third-order valence-corrected chi connectivity index (χ3v) is 7.07. The van der Waals surface area contributed by atoms with Crippen LogP contribution in [0.15, 0.2) is 60.9 Å². The van der Waals surface area contributed by atoms with Crippen LogP contribution in [-0.4, -0.2) is 34.8 Å². The van der Waals surface area contributed by atoms with Crippen LogP contribution in [0.3, 0.4) is 0 Å². The van der Waals surface area contributed by atoms with Gasteiger partial charge in [0.05, 0.1) is 24.0 Å². The Labute approximate surface area is 205 Å². The zero-order valence-electron chi connectivity index (χ0n) is 19.2. The number of carbonyl (C=O) groups excluding carboxylic acids is 3. The second kappa shape index (κ2) is 9.27. The number of imide groups is 1. The number of ether oxygens (including phenoxy) is 1. The van der Waals surface area contributed by atoms with Gasteiger partial charge in [-0.05, 0) is 48.4 Å². The number of aromatic nitrogens is 2. The smallest absolute Gasteiger partial charge is 0.260 e. The number of hydrogen-bond donors (Lipinski definition) is 0. The van der Waals surface area contributed by atoms with Gasteiger partial charge < -0.3 is 4.74 Å². The number of amides is 3. The van der Waals surface area contributed by atoms with E-state index < -0.39 is 0 Å². The highest BCUT2D eigenvalue weighted by atomic mass is 32.1. The molecule has 1 aliphatic heterocycles. The summed E-state index contributed by atoms with van der Waals surface area (Å²) >= 11 is 1.41. The van der Waals surface area contributed by atoms with Crippen molar-refractivity contribution < 1.29 is 19.1 Å². The van der Waals surface area contributed by atoms with E-state index in [0.717, 1.165) is 20.7 Å². The summed E-state index contributed by atoms with van der Waals surface area (Å²) in [6.45, 7) is 2.24. The molecule has 1 aliphatic rings. The Kier molecular flexibility index (Phi) is 6.00. The summed E-state index contributed by atoms with van der Waals surface area (Å²) in [5.74, 6) is -0.193. The molecule has 3 amide bonds. The van der Waals surface area contributed by atoms with Crippen LogP contribution in [-0.2, 0) is 16.1 Å². The van der Waals surface area contributed by atoms with E-state index in [1.54, 1.807) is 48.7 Å². The number of benzene rings is 2. The van der Waals surface area contributed by atoms with Crippen molar-refractivity contribution in [1.29, 1.82) is 0 Å². The van der Waals surface area contributed by atoms with Gasteiger partial charge >= 0.3 is 0 Å². The first kappa shape index (κ1) is 22.7. The number of carbonyl (C=O) groups is 3. The molecule has 0 unspecified atom stereocenters. The summed E-state index contributed by atoms with van der Waals surface area (Å²) in [6.07, 6.45) is 3.74. The fourth-order valence-corrected chi connectivity index (χ4v) is 5.13. The summed E-state index contributed by atoms with van der Waals surface area (Å²) in [7, 11) is 1.59. The highest BCUT2D eigenvalue weighted by Gasteiger charge is 2.31. The molecule has 0 radical (unpaired) electrons. The first-order valence-electron chi connectivity index (χ1n) is 11.1. The molecule has 0 N–H and O–H groups in total. The molecule has 176 valence electrons. The number of anilines is 2. The van der Waals surface area contributed by atoms with Gasteiger partial charge in [0.15, 0.2) is 5.13 Å². The Hall–Kier alpha value is -4.11. The van der Waals surface area contributed by atoms with Crippen LogP contribution in [0, 0.1) is 6.92 Å². The molecule has 4 aromatic rings. The van der Waals surface area contributed by atoms with E-state index >= 15 is 0 Å². The van der Waals surface area contributed by atoms with Crippen molar-refractivity contribution >= 4 is 50.1 Å². The minimum atomic E-state index is -0.300. The van der Waals surface area contributed by atoms with Crippen LogP contribution >= 0.6 is 11.3 Å². The molecular formula is C26H22N4O4S. The molecule has 1 fully saturated rings. The maximum Gasteiger partial charge on any atom is 0.260 e. The van der Waals surface area contributed by atoms with Crippen molar-refractivity contribution in [1.82, 2.24) is 9.97 Å². The molecule has 0 atom stereocenters. The molecule has 1 saturated heterocycles. The molecule has 0 aliphatic carbocycles. The van der Waals surface area contributed by atoms with Gasteiger partial charge in [-0.2, -0.15) is 0 Å². The predicted octanol–water partition coefficient (Wildman–Crippen LogP) is 4.51. The zero-order valence-corrected chi connectivity index (χ0v) is 20.0. The number of methoxy groups -OCH3 is 1. The van der Waals surface area contributed by atoms with Crippen LogP contribution in [0.5, 0.6) is 5.75 Å². The molecule has 2 aromatic carbocycles. The van der Waals surface area contributed by atoms with Gasteiger partial charge in [0, 0.05) is 30.8 Å². The van der Waals surface area contributed by atoms with Gasteiger partial charge in [-0.1, -0.05) is 29.5 Å². The highest BCUT2D eigenvalue weighted by molar-refractivity contribution is 7.22. The summed E-state index contributed by atoms with van der Waals surface area (Å²) in [5.41, 5.74) is 3.31. The molecule has 8 nitrogen and oxygen atoms in total. The summed E-state index contributed by atoms with van der Waals surface area (Å²) in [5, 5.41) is 0.514. The Balaban J connectivity index is 1.58. The molecule has 35 heavy (non-hydrogen) atoms. The molecule has 2 aromatic heterocycles. The number of fused-ring (bicyclic) bond motifs is 1. The van der Waals surface area contributed by atoms with Gasteiger partial charge in [0.25, 0.3) is 5.91 Å². The second-order valence-electron chi connectivity index (χ2n) is 8.18. The Morgan fingerprint density at radius 1 is 1.11 bits per heavy atom. The van der Waals surface area contributed by atoms with E-state index in [2.05, 4.69) is 4.98 Å². The quantitative estimate of drug-likeness (QED) is 0.373. The predicted molar refractivity (Wildman–Crippen MR) is 134 cm³/mol. The van der Waals surface area contributed by atoms with Gasteiger partial charge in [-0.15, -0.1) is 0 Å². The third kappa shape index (κ3) is 4.26. The van der Waals surface area contributed by atoms with Crippen LogP contribution in [0.25, 0.3) is 10.2 Å². The molecule has 3 heterocycles. The first-order valence-corrected chi connectivity index (χ1v) is 11.9. The molecule has 0 spiro atoms. The Morgan fingerprint density at radius 3 is 2.63 bits per heavy atom. The lowest BCUT2D eigenvalue weighted by molar-refractivity contribution is -0.121. The van der Waals surface area contributed by atoms with Crippen molar-refractivity contribution in [3.05, 3.63) is 77.6 Å². The lowest BCUT2D eigenvalue weighted by atomic mass is 10.1. The molecule has 9 heteroatoms. The van der Waals surface area contributed by atoms with E-state index in [9.17, 15) is 14.4 Å². The van der Waals surface area contributed by atoms with Crippen molar-refractivity contribution in [2.24, 2.45) is 0 Å². The standard InChI is InChI=1S/C26H22N4O4S/c1-16-8-9-20(34-2)23-24(16)35-26(28-23)29(15-17-5-4-12-27-14-17)25(33)18-6-3-7-19(13-18)30-21(31)10-11-22(30)32/h3-9,12-14H,10-11,15H2,1-2H3. The summed E-state index contributed by atoms with van der Waals surface area (Å²) in [4.78, 5) is 50.0. The lowest BCUT2D eigenvalue weighted by Gasteiger charge is -2.21. The molecular weight excluding hydrogens is 464 g/mol. The number of nitrogens with zero attached hydrogens (tertiary/aromatic N) is 4. The minimum absolute atomic E-state index is 0.178. The monoisotopic (exact) mass is 486 g/mol. The van der Waals surface area contributed by atoms with Crippen molar-refractivity contribution in [3.63, 3.8) is 0 Å². The number of hydrogen-bond acceptors (Lipinski definition) is 7. The summed E-state index contributed by atoms with van der Waals surface area (Å²) in [6, 6.07) is 14.1. The Morgan fingerprint density at radius 2 is 1.91 bits per heavy atom. The fourth-order valence-electron chi connectivity index (χ4n) is 4.08. The van der Waals surface area contributed by atoms with Crippen LogP contribution in [0.2, 0.25) is 0 Å². The highest BCUT2D eigenvalue weighted by Crippen LogP contribution is 2.37.